The number of hydrogen-bond acceptors (Lipinski definition) is 2. The van der Waals surface area contributed by atoms with E-state index in [4.69, 9.17) is 10.5 Å². The van der Waals surface area contributed by atoms with Crippen LogP contribution in [0.25, 0.3) is 0 Å². The fourth-order valence-electron chi connectivity index (χ4n) is 2.61. The number of benzene rings is 2. The molecule has 0 saturated carbocycles. The molecule has 0 bridgehead atoms. The fraction of sp³-hybridized carbons (Fsp3) is 0.400. The molecule has 2 aromatic rings. The smallest absolute Gasteiger partial charge is 0.119 e. The van der Waals surface area contributed by atoms with Gasteiger partial charge in [0.05, 0.1) is 6.61 Å². The van der Waals surface area contributed by atoms with Gasteiger partial charge in [0.25, 0.3) is 0 Å². The van der Waals surface area contributed by atoms with Gasteiger partial charge in [-0.3, -0.25) is 0 Å². The van der Waals surface area contributed by atoms with Crippen molar-refractivity contribution in [3.05, 3.63) is 65.7 Å². The molecule has 0 spiro atoms. The van der Waals surface area contributed by atoms with Crippen LogP contribution in [0.15, 0.2) is 54.6 Å². The topological polar surface area (TPSA) is 35.2 Å². The van der Waals surface area contributed by atoms with Crippen LogP contribution in [-0.4, -0.2) is 13.2 Å². The summed E-state index contributed by atoms with van der Waals surface area (Å²) in [4.78, 5) is 0. The average molecular weight is 297 g/mol. The minimum absolute atomic E-state index is 0.424. The zero-order valence-corrected chi connectivity index (χ0v) is 13.7. The highest BCUT2D eigenvalue weighted by molar-refractivity contribution is 5.28. The van der Waals surface area contributed by atoms with Gasteiger partial charge >= 0.3 is 0 Å². The zero-order valence-electron chi connectivity index (χ0n) is 13.7. The largest absolute Gasteiger partial charge is 0.494 e. The van der Waals surface area contributed by atoms with Crippen LogP contribution in [0.5, 0.6) is 5.75 Å². The SMILES string of the molecule is CC(C)c1ccc(OCCCC(CN)c2ccccc2)cc1. The maximum Gasteiger partial charge on any atom is 0.119 e. The summed E-state index contributed by atoms with van der Waals surface area (Å²) in [6.45, 7) is 5.83. The molecule has 0 fully saturated rings. The third-order valence-electron chi connectivity index (χ3n) is 4.07. The standard InChI is InChI=1S/C20H27NO/c1-16(2)17-10-12-20(13-11-17)22-14-6-9-19(15-21)18-7-4-3-5-8-18/h3-5,7-8,10-13,16,19H,6,9,14-15,21H2,1-2H3. The van der Waals surface area contributed by atoms with Crippen LogP contribution >= 0.6 is 0 Å². The van der Waals surface area contributed by atoms with Gasteiger partial charge in [-0.25, -0.2) is 0 Å². The molecule has 2 heteroatoms. The molecule has 2 rings (SSSR count). The lowest BCUT2D eigenvalue weighted by Gasteiger charge is -2.15. The van der Waals surface area contributed by atoms with Gasteiger partial charge in [-0.2, -0.15) is 0 Å². The van der Waals surface area contributed by atoms with Crippen molar-refractivity contribution >= 4 is 0 Å². The maximum absolute atomic E-state index is 5.90. The molecule has 0 heterocycles. The van der Waals surface area contributed by atoms with Crippen LogP contribution in [0, 0.1) is 0 Å². The van der Waals surface area contributed by atoms with Crippen molar-refractivity contribution in [2.24, 2.45) is 5.73 Å². The van der Waals surface area contributed by atoms with Crippen LogP contribution in [-0.2, 0) is 0 Å². The van der Waals surface area contributed by atoms with E-state index in [9.17, 15) is 0 Å². The van der Waals surface area contributed by atoms with E-state index < -0.39 is 0 Å². The third kappa shape index (κ3) is 4.88. The summed E-state index contributed by atoms with van der Waals surface area (Å²) in [7, 11) is 0. The minimum Gasteiger partial charge on any atom is -0.494 e. The van der Waals surface area contributed by atoms with E-state index in [0.29, 0.717) is 18.4 Å². The van der Waals surface area contributed by atoms with Crippen LogP contribution < -0.4 is 10.5 Å². The van der Waals surface area contributed by atoms with Gasteiger partial charge in [-0.1, -0.05) is 56.3 Å². The van der Waals surface area contributed by atoms with Crippen molar-refractivity contribution in [3.63, 3.8) is 0 Å². The van der Waals surface area contributed by atoms with Crippen molar-refractivity contribution in [1.29, 1.82) is 0 Å². The molecule has 0 aliphatic heterocycles. The van der Waals surface area contributed by atoms with E-state index >= 15 is 0 Å². The molecule has 0 radical (unpaired) electrons. The molecule has 0 aliphatic carbocycles. The van der Waals surface area contributed by atoms with Crippen LogP contribution in [0.1, 0.15) is 49.7 Å². The first-order valence-electron chi connectivity index (χ1n) is 8.18. The monoisotopic (exact) mass is 297 g/mol. The van der Waals surface area contributed by atoms with Crippen LogP contribution in [0.2, 0.25) is 0 Å². The van der Waals surface area contributed by atoms with Gasteiger partial charge in [0.1, 0.15) is 5.75 Å². The Morgan fingerprint density at radius 3 is 2.18 bits per heavy atom. The molecule has 2 N–H and O–H groups in total. The number of hydrogen-bond donors (Lipinski definition) is 1. The predicted molar refractivity (Wildman–Crippen MR) is 93.5 cm³/mol. The molecule has 0 saturated heterocycles. The first-order chi connectivity index (χ1) is 10.7. The third-order valence-corrected chi connectivity index (χ3v) is 4.07. The molecule has 1 unspecified atom stereocenters. The Hall–Kier alpha value is -1.80. The predicted octanol–water partition coefficient (Wildman–Crippen LogP) is 4.71. The molecule has 0 amide bonds. The highest BCUT2D eigenvalue weighted by atomic mass is 16.5. The van der Waals surface area contributed by atoms with Crippen molar-refractivity contribution in [2.45, 2.75) is 38.5 Å². The molecule has 0 aliphatic rings. The van der Waals surface area contributed by atoms with Crippen molar-refractivity contribution < 1.29 is 4.74 Å². The summed E-state index contributed by atoms with van der Waals surface area (Å²) in [6.07, 6.45) is 2.08. The van der Waals surface area contributed by atoms with Crippen molar-refractivity contribution in [1.82, 2.24) is 0 Å². The maximum atomic E-state index is 5.90. The van der Waals surface area contributed by atoms with E-state index in [-0.39, 0.29) is 0 Å². The summed E-state index contributed by atoms with van der Waals surface area (Å²) in [5.74, 6) is 1.94. The van der Waals surface area contributed by atoms with E-state index in [1.54, 1.807) is 0 Å². The first kappa shape index (κ1) is 16.6. The quantitative estimate of drug-likeness (QED) is 0.716. The Bertz CT molecular complexity index is 533. The number of nitrogens with two attached hydrogens (primary N) is 1. The second-order valence-corrected chi connectivity index (χ2v) is 6.06. The van der Waals surface area contributed by atoms with Crippen molar-refractivity contribution in [2.75, 3.05) is 13.2 Å². The van der Waals surface area contributed by atoms with Crippen molar-refractivity contribution in [3.8, 4) is 5.75 Å². The molecular formula is C20H27NO. The molecule has 1 atom stereocenters. The van der Waals surface area contributed by atoms with Gasteiger partial charge in [-0.05, 0) is 54.5 Å². The number of ether oxygens (including phenoxy) is 1. The lowest BCUT2D eigenvalue weighted by molar-refractivity contribution is 0.301. The normalized spacial score (nSPS) is 12.4. The van der Waals surface area contributed by atoms with Gasteiger partial charge in [0.15, 0.2) is 0 Å². The highest BCUT2D eigenvalue weighted by Gasteiger charge is 2.08. The van der Waals surface area contributed by atoms with Gasteiger partial charge in [0.2, 0.25) is 0 Å². The first-order valence-corrected chi connectivity index (χ1v) is 8.18. The highest BCUT2D eigenvalue weighted by Crippen LogP contribution is 2.21. The fourth-order valence-corrected chi connectivity index (χ4v) is 2.61. The Balaban J connectivity index is 1.76. The lowest BCUT2D eigenvalue weighted by Crippen LogP contribution is -2.13. The Kier molecular flexibility index (Phi) is 6.47. The minimum atomic E-state index is 0.424. The van der Waals surface area contributed by atoms with E-state index in [2.05, 4.69) is 62.4 Å². The Morgan fingerprint density at radius 2 is 1.59 bits per heavy atom. The molecule has 2 aromatic carbocycles. The number of rotatable bonds is 8. The van der Waals surface area contributed by atoms with Crippen LogP contribution in [0.4, 0.5) is 0 Å². The average Bonchev–Trinajstić information content (AvgIpc) is 2.56. The van der Waals surface area contributed by atoms with Crippen LogP contribution in [0.3, 0.4) is 0 Å². The zero-order chi connectivity index (χ0) is 15.8. The van der Waals surface area contributed by atoms with E-state index in [1.807, 2.05) is 6.07 Å². The molecule has 22 heavy (non-hydrogen) atoms. The summed E-state index contributed by atoms with van der Waals surface area (Å²) < 4.78 is 5.83. The Labute approximate surface area is 134 Å². The second-order valence-electron chi connectivity index (χ2n) is 6.06. The molecule has 2 nitrogen and oxygen atoms in total. The van der Waals surface area contributed by atoms with Gasteiger partial charge in [-0.15, -0.1) is 0 Å². The van der Waals surface area contributed by atoms with Gasteiger partial charge in [0, 0.05) is 0 Å². The summed E-state index contributed by atoms with van der Waals surface area (Å²) >= 11 is 0. The van der Waals surface area contributed by atoms with E-state index in [1.165, 1.54) is 11.1 Å². The second kappa shape index (κ2) is 8.60. The summed E-state index contributed by atoms with van der Waals surface area (Å²) in [6, 6.07) is 18.9. The lowest BCUT2D eigenvalue weighted by atomic mass is 9.95. The molecule has 118 valence electrons. The van der Waals surface area contributed by atoms with Gasteiger partial charge < -0.3 is 10.5 Å². The summed E-state index contributed by atoms with van der Waals surface area (Å²) in [5.41, 5.74) is 8.57. The molecular weight excluding hydrogens is 270 g/mol. The Morgan fingerprint density at radius 1 is 0.909 bits per heavy atom. The molecule has 0 aromatic heterocycles. The summed E-state index contributed by atoms with van der Waals surface area (Å²) in [5, 5.41) is 0. The van der Waals surface area contributed by atoms with E-state index in [0.717, 1.165) is 25.2 Å².